The molecule has 1 amide bonds. The SMILES string of the molecule is Cc1nn(CCC(=O)N2CCN(c3cccc(Cl)c3)CC2)c(=O)c2nn(-c3ccccc3)c(C)c12.Cl. The molecule has 0 N–H and O–H groups in total. The van der Waals surface area contributed by atoms with Gasteiger partial charge in [0.1, 0.15) is 0 Å². The number of carbonyl (C=O) groups excluding carboxylic acids is 1. The van der Waals surface area contributed by atoms with Crippen LogP contribution in [0.4, 0.5) is 5.69 Å². The zero-order valence-electron chi connectivity index (χ0n) is 20.2. The number of anilines is 1. The van der Waals surface area contributed by atoms with Crippen molar-refractivity contribution < 1.29 is 4.79 Å². The zero-order valence-corrected chi connectivity index (χ0v) is 21.8. The van der Waals surface area contributed by atoms with Crippen LogP contribution in [0.1, 0.15) is 17.8 Å². The number of hydrogen-bond donors (Lipinski definition) is 0. The third-order valence-corrected chi connectivity index (χ3v) is 6.76. The van der Waals surface area contributed by atoms with Crippen molar-refractivity contribution >= 4 is 46.5 Å². The summed E-state index contributed by atoms with van der Waals surface area (Å²) in [6.45, 7) is 6.78. The minimum atomic E-state index is -0.276. The summed E-state index contributed by atoms with van der Waals surface area (Å²) < 4.78 is 3.15. The van der Waals surface area contributed by atoms with Crippen LogP contribution in [0.15, 0.2) is 59.4 Å². The number of benzene rings is 2. The molecule has 1 aliphatic heterocycles. The summed E-state index contributed by atoms with van der Waals surface area (Å²) in [4.78, 5) is 30.2. The first-order chi connectivity index (χ1) is 16.9. The predicted molar refractivity (Wildman–Crippen MR) is 145 cm³/mol. The predicted octanol–water partition coefficient (Wildman–Crippen LogP) is 4.01. The van der Waals surface area contributed by atoms with Gasteiger partial charge in [-0.1, -0.05) is 35.9 Å². The van der Waals surface area contributed by atoms with Gasteiger partial charge in [0.2, 0.25) is 5.91 Å². The van der Waals surface area contributed by atoms with E-state index >= 15 is 0 Å². The molecule has 2 aromatic carbocycles. The number of carbonyl (C=O) groups is 1. The second kappa shape index (κ2) is 10.7. The summed E-state index contributed by atoms with van der Waals surface area (Å²) >= 11 is 6.11. The van der Waals surface area contributed by atoms with Crippen molar-refractivity contribution in [2.75, 3.05) is 31.1 Å². The number of amides is 1. The van der Waals surface area contributed by atoms with E-state index in [0.717, 1.165) is 41.2 Å². The number of fused-ring (bicyclic) bond motifs is 1. The van der Waals surface area contributed by atoms with Crippen molar-refractivity contribution in [1.82, 2.24) is 24.5 Å². The molecule has 0 bridgehead atoms. The van der Waals surface area contributed by atoms with E-state index in [1.54, 1.807) is 4.68 Å². The van der Waals surface area contributed by atoms with Gasteiger partial charge in [-0.25, -0.2) is 9.36 Å². The summed E-state index contributed by atoms with van der Waals surface area (Å²) in [5.74, 6) is 0.0215. The first-order valence-electron chi connectivity index (χ1n) is 11.7. The van der Waals surface area contributed by atoms with Gasteiger partial charge in [-0.3, -0.25) is 9.59 Å². The van der Waals surface area contributed by atoms with E-state index in [1.807, 2.05) is 73.3 Å². The van der Waals surface area contributed by atoms with Crippen LogP contribution in [0.3, 0.4) is 0 Å². The number of rotatable bonds is 5. The van der Waals surface area contributed by atoms with Crippen LogP contribution in [-0.4, -0.2) is 56.5 Å². The van der Waals surface area contributed by atoms with Crippen LogP contribution in [0.2, 0.25) is 5.02 Å². The molecular weight excluding hydrogens is 499 g/mol. The Morgan fingerprint density at radius 3 is 2.33 bits per heavy atom. The van der Waals surface area contributed by atoms with E-state index in [1.165, 1.54) is 4.68 Å². The Kier molecular flexibility index (Phi) is 7.66. The van der Waals surface area contributed by atoms with E-state index in [9.17, 15) is 9.59 Å². The Labute approximate surface area is 220 Å². The Bertz CT molecular complexity index is 1440. The molecule has 36 heavy (non-hydrogen) atoms. The number of aromatic nitrogens is 4. The minimum absolute atomic E-state index is 0. The molecule has 10 heteroatoms. The Morgan fingerprint density at radius 1 is 0.944 bits per heavy atom. The Balaban J connectivity index is 0.00000304. The molecule has 0 radical (unpaired) electrons. The van der Waals surface area contributed by atoms with Gasteiger partial charge in [0.15, 0.2) is 5.52 Å². The first-order valence-corrected chi connectivity index (χ1v) is 12.1. The molecule has 1 fully saturated rings. The fourth-order valence-corrected chi connectivity index (χ4v) is 4.89. The van der Waals surface area contributed by atoms with Crippen LogP contribution < -0.4 is 10.5 Å². The van der Waals surface area contributed by atoms with Crippen LogP contribution in [0, 0.1) is 13.8 Å². The lowest BCUT2D eigenvalue weighted by Gasteiger charge is -2.36. The van der Waals surface area contributed by atoms with Crippen molar-refractivity contribution in [3.05, 3.63) is 81.4 Å². The number of nitrogens with zero attached hydrogens (tertiary/aromatic N) is 6. The third kappa shape index (κ3) is 4.96. The first kappa shape index (κ1) is 25.7. The van der Waals surface area contributed by atoms with Crippen LogP contribution >= 0.6 is 24.0 Å². The molecule has 0 atom stereocenters. The molecule has 0 unspecified atom stereocenters. The highest BCUT2D eigenvalue weighted by molar-refractivity contribution is 6.30. The van der Waals surface area contributed by atoms with Crippen LogP contribution in [0.5, 0.6) is 0 Å². The van der Waals surface area contributed by atoms with Gasteiger partial charge in [-0.05, 0) is 44.2 Å². The molecule has 0 aliphatic carbocycles. The van der Waals surface area contributed by atoms with Crippen molar-refractivity contribution in [3.63, 3.8) is 0 Å². The van der Waals surface area contributed by atoms with Gasteiger partial charge in [0, 0.05) is 43.3 Å². The van der Waals surface area contributed by atoms with Crippen molar-refractivity contribution in [2.24, 2.45) is 0 Å². The largest absolute Gasteiger partial charge is 0.368 e. The second-order valence-electron chi connectivity index (χ2n) is 8.77. The smallest absolute Gasteiger partial charge is 0.295 e. The molecule has 0 saturated carbocycles. The Hall–Kier alpha value is -3.36. The minimum Gasteiger partial charge on any atom is -0.368 e. The topological polar surface area (TPSA) is 76.3 Å². The summed E-state index contributed by atoms with van der Waals surface area (Å²) in [6, 6.07) is 17.5. The summed E-state index contributed by atoms with van der Waals surface area (Å²) in [5.41, 5.74) is 3.65. The average Bonchev–Trinajstić information content (AvgIpc) is 3.23. The number of piperazine rings is 1. The maximum Gasteiger partial charge on any atom is 0.295 e. The van der Waals surface area contributed by atoms with E-state index in [-0.39, 0.29) is 36.8 Å². The third-order valence-electron chi connectivity index (χ3n) is 6.53. The van der Waals surface area contributed by atoms with Crippen LogP contribution in [-0.2, 0) is 11.3 Å². The number of aryl methyl sites for hydroxylation is 3. The fourth-order valence-electron chi connectivity index (χ4n) is 4.70. The van der Waals surface area contributed by atoms with Gasteiger partial charge in [0.05, 0.1) is 29.0 Å². The number of halogens is 2. The highest BCUT2D eigenvalue weighted by Crippen LogP contribution is 2.22. The molecule has 0 spiro atoms. The normalized spacial score (nSPS) is 13.6. The molecule has 1 aliphatic rings. The quantitative estimate of drug-likeness (QED) is 0.392. The van der Waals surface area contributed by atoms with Gasteiger partial charge < -0.3 is 9.80 Å². The van der Waals surface area contributed by atoms with Gasteiger partial charge in [-0.2, -0.15) is 10.2 Å². The fraction of sp³-hybridized carbons (Fsp3) is 0.308. The highest BCUT2D eigenvalue weighted by Gasteiger charge is 2.22. The second-order valence-corrected chi connectivity index (χ2v) is 9.20. The molecule has 4 aromatic rings. The summed E-state index contributed by atoms with van der Waals surface area (Å²) in [6.07, 6.45) is 0.216. The maximum atomic E-state index is 13.2. The molecule has 3 heterocycles. The van der Waals surface area contributed by atoms with Gasteiger partial charge in [-0.15, -0.1) is 12.4 Å². The Morgan fingerprint density at radius 2 is 1.64 bits per heavy atom. The number of para-hydroxylation sites is 1. The monoisotopic (exact) mass is 526 g/mol. The van der Waals surface area contributed by atoms with Crippen molar-refractivity contribution in [2.45, 2.75) is 26.8 Å². The standard InChI is InChI=1S/C26H27ClN6O2.ClH/c1-18-24-19(2)33(21-8-4-3-5-9-21)29-25(24)26(35)32(28-18)12-11-23(34)31-15-13-30(14-16-31)22-10-6-7-20(27)17-22;/h3-10,17H,11-16H2,1-2H3;1H. The average molecular weight is 527 g/mol. The van der Waals surface area contributed by atoms with Crippen molar-refractivity contribution in [3.8, 4) is 5.69 Å². The summed E-state index contributed by atoms with van der Waals surface area (Å²) in [7, 11) is 0. The number of hydrogen-bond acceptors (Lipinski definition) is 5. The van der Waals surface area contributed by atoms with Crippen LogP contribution in [0.25, 0.3) is 16.6 Å². The van der Waals surface area contributed by atoms with Gasteiger partial charge >= 0.3 is 0 Å². The van der Waals surface area contributed by atoms with E-state index in [0.29, 0.717) is 23.6 Å². The van der Waals surface area contributed by atoms with E-state index < -0.39 is 0 Å². The van der Waals surface area contributed by atoms with E-state index in [4.69, 9.17) is 11.6 Å². The molecule has 1 saturated heterocycles. The zero-order chi connectivity index (χ0) is 24.5. The van der Waals surface area contributed by atoms with Gasteiger partial charge in [0.25, 0.3) is 5.56 Å². The van der Waals surface area contributed by atoms with E-state index in [2.05, 4.69) is 15.1 Å². The molecule has 5 rings (SSSR count). The lowest BCUT2D eigenvalue weighted by molar-refractivity contribution is -0.131. The molecule has 2 aromatic heterocycles. The van der Waals surface area contributed by atoms with Crippen molar-refractivity contribution in [1.29, 1.82) is 0 Å². The lowest BCUT2D eigenvalue weighted by Crippen LogP contribution is -2.49. The lowest BCUT2D eigenvalue weighted by atomic mass is 10.2. The summed E-state index contributed by atoms with van der Waals surface area (Å²) in [5, 5.41) is 10.6. The molecule has 8 nitrogen and oxygen atoms in total. The maximum absolute atomic E-state index is 13.2. The highest BCUT2D eigenvalue weighted by atomic mass is 35.5. The molecule has 188 valence electrons. The molecular formula is C26H28Cl2N6O2.